The van der Waals surface area contributed by atoms with Crippen molar-refractivity contribution < 1.29 is 37.1 Å². The van der Waals surface area contributed by atoms with E-state index in [0.29, 0.717) is 31.7 Å². The molecule has 4 heterocycles. The quantitative estimate of drug-likeness (QED) is 0.300. The fourth-order valence-corrected chi connectivity index (χ4v) is 9.23. The van der Waals surface area contributed by atoms with Crippen molar-refractivity contribution >= 4 is 55.6 Å². The molecule has 1 aromatic carbocycles. The third-order valence-corrected chi connectivity index (χ3v) is 13.2. The lowest BCUT2D eigenvalue weighted by Crippen LogP contribution is -2.60. The highest BCUT2D eigenvalue weighted by Crippen LogP contribution is 2.46. The van der Waals surface area contributed by atoms with Gasteiger partial charge in [0.25, 0.3) is 5.91 Å². The molecule has 4 amide bonds. The van der Waals surface area contributed by atoms with Crippen molar-refractivity contribution in [2.45, 2.75) is 109 Å². The Morgan fingerprint density at radius 2 is 1.86 bits per heavy atom. The number of aromatic nitrogens is 2. The number of ether oxygens (including phenoxy) is 2. The van der Waals surface area contributed by atoms with Crippen LogP contribution in [0.25, 0.3) is 21.8 Å². The van der Waals surface area contributed by atoms with Crippen molar-refractivity contribution in [1.82, 2.24) is 29.8 Å². The number of hydrogen-bond donors (Lipinski definition) is 3. The predicted octanol–water partition coefficient (Wildman–Crippen LogP) is 4.64. The topological polar surface area (TPSA) is 178 Å². The monoisotopic (exact) mass is 788 g/mol. The number of carbonyl (C=O) groups excluding carboxylic acids is 4. The van der Waals surface area contributed by atoms with Crippen LogP contribution in [0.1, 0.15) is 72.3 Å². The molecule has 0 radical (unpaired) electrons. The number of benzene rings is 1. The van der Waals surface area contributed by atoms with Gasteiger partial charge in [-0.15, -0.1) is 6.58 Å². The van der Waals surface area contributed by atoms with Gasteiger partial charge in [0.05, 0.1) is 23.9 Å². The molecule has 3 aromatic rings. The van der Waals surface area contributed by atoms with Gasteiger partial charge in [0.2, 0.25) is 27.7 Å². The number of amides is 4. The summed E-state index contributed by atoms with van der Waals surface area (Å²) in [6.07, 6.45) is 7.91. The summed E-state index contributed by atoms with van der Waals surface area (Å²) in [5.74, 6) is -2.20. The van der Waals surface area contributed by atoms with Gasteiger partial charge in [-0.05, 0) is 49.7 Å². The van der Waals surface area contributed by atoms with E-state index in [1.807, 2.05) is 45.0 Å². The SMILES string of the molecule is C=C[C@@H]1C[C@]1(NC(=O)[C@@H]1C[C@@H]2CN1C(=O)[C@H](C(C)(C)C)NC(=O)OCC(C)(C)C/C=C/Cn1cc(C)c3c4ccccc4nc(c31)O2)C(=O)NS(=O)(=O)C1CC1. The molecule has 5 atom stereocenters. The fourth-order valence-electron chi connectivity index (χ4n) is 7.87. The number of pyridine rings is 1. The Kier molecular flexibility index (Phi) is 9.99. The molecule has 2 bridgehead atoms. The number of allylic oxidation sites excluding steroid dienone is 2. The molecule has 1 saturated heterocycles. The Labute approximate surface area is 327 Å². The number of alkyl carbamates (subject to hydrolysis) is 1. The first-order valence-electron chi connectivity index (χ1n) is 19.3. The van der Waals surface area contributed by atoms with Gasteiger partial charge in [-0.1, -0.05) is 71.0 Å². The molecule has 300 valence electrons. The van der Waals surface area contributed by atoms with E-state index in [1.54, 1.807) is 20.8 Å². The van der Waals surface area contributed by atoms with Crippen LogP contribution in [-0.4, -0.2) is 88.8 Å². The summed E-state index contributed by atoms with van der Waals surface area (Å²) in [6.45, 7) is 15.8. The minimum Gasteiger partial charge on any atom is -0.471 e. The van der Waals surface area contributed by atoms with Crippen LogP contribution in [0.5, 0.6) is 5.88 Å². The van der Waals surface area contributed by atoms with E-state index in [1.165, 1.54) is 11.0 Å². The highest BCUT2D eigenvalue weighted by molar-refractivity contribution is 7.91. The number of para-hydroxylation sites is 1. The normalized spacial score (nSPS) is 27.6. The highest BCUT2D eigenvalue weighted by Gasteiger charge is 2.62. The summed E-state index contributed by atoms with van der Waals surface area (Å²) >= 11 is 0. The summed E-state index contributed by atoms with van der Waals surface area (Å²) in [6, 6.07) is 5.55. The van der Waals surface area contributed by atoms with Gasteiger partial charge in [-0.2, -0.15) is 0 Å². The maximum absolute atomic E-state index is 14.7. The predicted molar refractivity (Wildman–Crippen MR) is 211 cm³/mol. The van der Waals surface area contributed by atoms with Crippen molar-refractivity contribution in [3.8, 4) is 5.88 Å². The van der Waals surface area contributed by atoms with E-state index < -0.39 is 79.6 Å². The molecule has 15 heteroatoms. The van der Waals surface area contributed by atoms with Crippen molar-refractivity contribution in [2.24, 2.45) is 16.7 Å². The van der Waals surface area contributed by atoms with Gasteiger partial charge in [0.1, 0.15) is 29.2 Å². The Balaban J connectivity index is 1.28. The molecule has 2 aromatic heterocycles. The lowest BCUT2D eigenvalue weighted by Gasteiger charge is -2.35. The van der Waals surface area contributed by atoms with Crippen molar-refractivity contribution in [3.05, 3.63) is 60.8 Å². The average molecular weight is 789 g/mol. The number of nitrogens with zero attached hydrogens (tertiary/aromatic N) is 3. The van der Waals surface area contributed by atoms with Crippen LogP contribution in [0.2, 0.25) is 0 Å². The molecular formula is C41H52N6O8S. The molecule has 4 aliphatic rings. The standard InChI is InChI=1S/C41H52N6O8S/c1-8-25-20-41(25,37(50)45-56(52,53)27-15-16-27)44-34(48)30-19-26-22-47(30)36(49)33(39(3,4)5)43-38(51)54-23-40(6,7)17-11-12-18-46-21-24(2)31-28-13-9-10-14-29(28)42-35(55-26)32(31)46/h8-14,21,25-27,30,33H,1,15-20,22-23H2,2-7H3,(H,43,51)(H,44,48)(H,45,50)/b12-11+/t25-,26-,30+,33-,41-/m1/s1. The smallest absolute Gasteiger partial charge is 0.407 e. The largest absolute Gasteiger partial charge is 0.471 e. The van der Waals surface area contributed by atoms with Crippen molar-refractivity contribution in [3.63, 3.8) is 0 Å². The van der Waals surface area contributed by atoms with E-state index in [9.17, 15) is 27.6 Å². The average Bonchev–Trinajstić information content (AvgIpc) is 4.04. The molecule has 7 rings (SSSR count). The Bertz CT molecular complexity index is 2250. The molecule has 2 aliphatic carbocycles. The summed E-state index contributed by atoms with van der Waals surface area (Å²) in [5, 5.41) is 6.91. The van der Waals surface area contributed by atoms with E-state index in [-0.39, 0.29) is 26.0 Å². The van der Waals surface area contributed by atoms with Gasteiger partial charge < -0.3 is 29.6 Å². The first-order chi connectivity index (χ1) is 26.3. The highest BCUT2D eigenvalue weighted by atomic mass is 32.2. The van der Waals surface area contributed by atoms with Crippen LogP contribution in [0.4, 0.5) is 4.79 Å². The van der Waals surface area contributed by atoms with E-state index in [0.717, 1.165) is 27.4 Å². The Hall–Kier alpha value is -4.92. The van der Waals surface area contributed by atoms with Crippen molar-refractivity contribution in [2.75, 3.05) is 13.2 Å². The molecule has 3 N–H and O–H groups in total. The number of nitrogens with one attached hydrogen (secondary N) is 3. The number of carbonyl (C=O) groups is 4. The lowest BCUT2D eigenvalue weighted by atomic mass is 9.85. The molecule has 14 nitrogen and oxygen atoms in total. The molecule has 2 aliphatic heterocycles. The number of fused-ring (bicyclic) bond motifs is 4. The summed E-state index contributed by atoms with van der Waals surface area (Å²) in [4.78, 5) is 62.4. The van der Waals surface area contributed by atoms with Crippen LogP contribution < -0.4 is 20.1 Å². The number of rotatable bonds is 6. The maximum Gasteiger partial charge on any atom is 0.407 e. The number of cyclic esters (lactones) is 1. The molecule has 0 spiro atoms. The lowest BCUT2D eigenvalue weighted by molar-refractivity contribution is -0.142. The zero-order valence-electron chi connectivity index (χ0n) is 32.9. The second kappa shape index (κ2) is 14.2. The zero-order valence-corrected chi connectivity index (χ0v) is 33.7. The molecule has 56 heavy (non-hydrogen) atoms. The van der Waals surface area contributed by atoms with Crippen LogP contribution in [0, 0.1) is 23.7 Å². The molecule has 2 saturated carbocycles. The van der Waals surface area contributed by atoms with Crippen molar-refractivity contribution in [1.29, 1.82) is 0 Å². The van der Waals surface area contributed by atoms with Crippen LogP contribution >= 0.6 is 0 Å². The first-order valence-corrected chi connectivity index (χ1v) is 20.8. The van der Waals surface area contributed by atoms with Gasteiger partial charge in [-0.25, -0.2) is 18.2 Å². The van der Waals surface area contributed by atoms with Gasteiger partial charge in [0, 0.05) is 41.3 Å². The Morgan fingerprint density at radius 1 is 1.12 bits per heavy atom. The van der Waals surface area contributed by atoms with Crippen LogP contribution in [0.15, 0.2) is 55.3 Å². The van der Waals surface area contributed by atoms with E-state index >= 15 is 0 Å². The number of aryl methyl sites for hydroxylation is 1. The summed E-state index contributed by atoms with van der Waals surface area (Å²) < 4.78 is 42.2. The third kappa shape index (κ3) is 7.61. The zero-order chi connectivity index (χ0) is 40.4. The third-order valence-electron chi connectivity index (χ3n) is 11.3. The summed E-state index contributed by atoms with van der Waals surface area (Å²) in [5.41, 5.74) is -0.259. The van der Waals surface area contributed by atoms with Gasteiger partial charge in [-0.3, -0.25) is 19.1 Å². The summed E-state index contributed by atoms with van der Waals surface area (Å²) in [7, 11) is -3.91. The number of sulfonamides is 1. The molecule has 3 fully saturated rings. The van der Waals surface area contributed by atoms with Gasteiger partial charge >= 0.3 is 6.09 Å². The molecule has 0 unspecified atom stereocenters. The van der Waals surface area contributed by atoms with E-state index in [4.69, 9.17) is 14.5 Å². The second-order valence-electron chi connectivity index (χ2n) is 17.6. The Morgan fingerprint density at radius 3 is 2.54 bits per heavy atom. The molecular weight excluding hydrogens is 737 g/mol. The van der Waals surface area contributed by atoms with E-state index in [2.05, 4.69) is 44.9 Å². The van der Waals surface area contributed by atoms with Crippen LogP contribution in [-0.2, 0) is 35.7 Å². The second-order valence-corrected chi connectivity index (χ2v) is 19.6. The number of hydrogen-bond acceptors (Lipinski definition) is 9. The first kappa shape index (κ1) is 39.3. The maximum atomic E-state index is 14.7. The minimum atomic E-state index is -3.91. The van der Waals surface area contributed by atoms with Gasteiger partial charge in [0.15, 0.2) is 0 Å². The minimum absolute atomic E-state index is 0.0273. The fraction of sp³-hybridized carbons (Fsp3) is 0.537. The van der Waals surface area contributed by atoms with Crippen LogP contribution in [0.3, 0.4) is 0 Å².